The SMILES string of the molecule is CC(CC1CC1)NC(=O)c1ccc(F)cc1C#CCO. The van der Waals surface area contributed by atoms with Crippen LogP contribution in [0, 0.1) is 23.6 Å². The summed E-state index contributed by atoms with van der Waals surface area (Å²) in [6, 6.07) is 3.97. The van der Waals surface area contributed by atoms with Gasteiger partial charge in [0.2, 0.25) is 0 Å². The Morgan fingerprint density at radius 3 is 2.95 bits per heavy atom. The van der Waals surface area contributed by atoms with Crippen molar-refractivity contribution in [3.8, 4) is 11.8 Å². The van der Waals surface area contributed by atoms with Crippen molar-refractivity contribution in [2.24, 2.45) is 5.92 Å². The van der Waals surface area contributed by atoms with E-state index >= 15 is 0 Å². The van der Waals surface area contributed by atoms with Gasteiger partial charge in [0.25, 0.3) is 5.91 Å². The zero-order chi connectivity index (χ0) is 14.5. The highest BCUT2D eigenvalue weighted by atomic mass is 19.1. The third-order valence-electron chi connectivity index (χ3n) is 3.29. The van der Waals surface area contributed by atoms with Gasteiger partial charge >= 0.3 is 0 Å². The lowest BCUT2D eigenvalue weighted by Gasteiger charge is -2.14. The summed E-state index contributed by atoms with van der Waals surface area (Å²) in [5.41, 5.74) is 0.644. The summed E-state index contributed by atoms with van der Waals surface area (Å²) < 4.78 is 13.2. The molecule has 20 heavy (non-hydrogen) atoms. The van der Waals surface area contributed by atoms with Gasteiger partial charge in [-0.3, -0.25) is 4.79 Å². The average Bonchev–Trinajstić information content (AvgIpc) is 3.19. The third-order valence-corrected chi connectivity index (χ3v) is 3.29. The highest BCUT2D eigenvalue weighted by Crippen LogP contribution is 2.33. The molecule has 1 unspecified atom stereocenters. The molecular weight excluding hydrogens is 257 g/mol. The van der Waals surface area contributed by atoms with Crippen LogP contribution in [0.2, 0.25) is 0 Å². The van der Waals surface area contributed by atoms with E-state index in [0.717, 1.165) is 12.3 Å². The van der Waals surface area contributed by atoms with E-state index in [1.165, 1.54) is 31.0 Å². The molecule has 3 nitrogen and oxygen atoms in total. The minimum absolute atomic E-state index is 0.0960. The second kappa shape index (κ2) is 6.53. The highest BCUT2D eigenvalue weighted by Gasteiger charge is 2.24. The van der Waals surface area contributed by atoms with Crippen LogP contribution >= 0.6 is 0 Å². The van der Waals surface area contributed by atoms with Crippen LogP contribution < -0.4 is 5.32 Å². The van der Waals surface area contributed by atoms with Crippen LogP contribution in [0.25, 0.3) is 0 Å². The molecule has 4 heteroatoms. The number of carbonyl (C=O) groups excluding carboxylic acids is 1. The van der Waals surface area contributed by atoms with Crippen molar-refractivity contribution >= 4 is 5.91 Å². The number of carbonyl (C=O) groups is 1. The summed E-state index contributed by atoms with van der Waals surface area (Å²) in [6.45, 7) is 1.65. The van der Waals surface area contributed by atoms with E-state index in [0.29, 0.717) is 11.1 Å². The fraction of sp³-hybridized carbons (Fsp3) is 0.438. The Morgan fingerprint density at radius 2 is 2.30 bits per heavy atom. The number of amides is 1. The molecule has 1 atom stereocenters. The molecule has 1 aliphatic carbocycles. The molecule has 0 aromatic heterocycles. The van der Waals surface area contributed by atoms with Gasteiger partial charge in [-0.1, -0.05) is 24.7 Å². The monoisotopic (exact) mass is 275 g/mol. The van der Waals surface area contributed by atoms with Gasteiger partial charge in [-0.05, 0) is 37.5 Å². The molecule has 2 N–H and O–H groups in total. The van der Waals surface area contributed by atoms with Crippen molar-refractivity contribution in [2.75, 3.05) is 6.61 Å². The highest BCUT2D eigenvalue weighted by molar-refractivity contribution is 5.96. The quantitative estimate of drug-likeness (QED) is 0.827. The zero-order valence-corrected chi connectivity index (χ0v) is 11.4. The number of nitrogens with one attached hydrogen (secondary N) is 1. The Hall–Kier alpha value is -1.86. The maximum absolute atomic E-state index is 13.2. The van der Waals surface area contributed by atoms with E-state index < -0.39 is 5.82 Å². The summed E-state index contributed by atoms with van der Waals surface area (Å²) >= 11 is 0. The molecule has 106 valence electrons. The van der Waals surface area contributed by atoms with E-state index in [-0.39, 0.29) is 18.6 Å². The first kappa shape index (κ1) is 14.5. The molecule has 0 radical (unpaired) electrons. The molecule has 1 amide bonds. The van der Waals surface area contributed by atoms with Crippen molar-refractivity contribution in [3.05, 3.63) is 35.1 Å². The number of benzene rings is 1. The van der Waals surface area contributed by atoms with Crippen molar-refractivity contribution in [2.45, 2.75) is 32.2 Å². The second-order valence-corrected chi connectivity index (χ2v) is 5.20. The molecule has 0 saturated heterocycles. The summed E-state index contributed by atoms with van der Waals surface area (Å²) in [5, 5.41) is 11.6. The molecule has 0 aliphatic heterocycles. The Bertz CT molecular complexity index is 555. The van der Waals surface area contributed by atoms with Gasteiger partial charge in [-0.25, -0.2) is 4.39 Å². The predicted octanol–water partition coefficient (Wildman–Crippen LogP) is 2.09. The van der Waals surface area contributed by atoms with Crippen LogP contribution in [-0.4, -0.2) is 23.7 Å². The normalized spacial score (nSPS) is 15.2. The minimum atomic E-state index is -0.449. The Kier molecular flexibility index (Phi) is 4.75. The van der Waals surface area contributed by atoms with E-state index in [9.17, 15) is 9.18 Å². The van der Waals surface area contributed by atoms with E-state index in [1.807, 2.05) is 6.92 Å². The largest absolute Gasteiger partial charge is 0.384 e. The standard InChI is InChI=1S/C16H18FNO2/c1-11(9-12-4-5-12)18-16(20)15-7-6-14(17)10-13(15)3-2-8-19/h6-7,10-12,19H,4-5,8-9H2,1H3,(H,18,20). The average molecular weight is 275 g/mol. The van der Waals surface area contributed by atoms with Gasteiger partial charge < -0.3 is 10.4 Å². The number of rotatable bonds is 4. The number of aliphatic hydroxyl groups excluding tert-OH is 1. The maximum Gasteiger partial charge on any atom is 0.252 e. The summed E-state index contributed by atoms with van der Waals surface area (Å²) in [4.78, 5) is 12.2. The van der Waals surface area contributed by atoms with Crippen LogP contribution in [0.3, 0.4) is 0 Å². The predicted molar refractivity (Wildman–Crippen MR) is 74.6 cm³/mol. The smallest absolute Gasteiger partial charge is 0.252 e. The van der Waals surface area contributed by atoms with Gasteiger partial charge in [-0.15, -0.1) is 0 Å². The van der Waals surface area contributed by atoms with E-state index in [1.54, 1.807) is 0 Å². The van der Waals surface area contributed by atoms with Crippen LogP contribution in [-0.2, 0) is 0 Å². The molecule has 0 heterocycles. The number of halogens is 1. The van der Waals surface area contributed by atoms with Gasteiger partial charge in [0.05, 0.1) is 5.56 Å². The third kappa shape index (κ3) is 4.07. The first-order valence-electron chi connectivity index (χ1n) is 6.80. The van der Waals surface area contributed by atoms with Crippen LogP contribution in [0.1, 0.15) is 42.1 Å². The summed E-state index contributed by atoms with van der Waals surface area (Å²) in [5.74, 6) is 5.08. The minimum Gasteiger partial charge on any atom is -0.384 e. The van der Waals surface area contributed by atoms with Gasteiger partial charge in [0.1, 0.15) is 12.4 Å². The zero-order valence-electron chi connectivity index (χ0n) is 11.4. The molecule has 2 rings (SSSR count). The molecule has 0 spiro atoms. The van der Waals surface area contributed by atoms with Gasteiger partial charge in [-0.2, -0.15) is 0 Å². The number of aliphatic hydroxyl groups is 1. The molecular formula is C16H18FNO2. The Balaban J connectivity index is 2.11. The number of hydrogen-bond donors (Lipinski definition) is 2. The first-order chi connectivity index (χ1) is 9.60. The van der Waals surface area contributed by atoms with Crippen LogP contribution in [0.15, 0.2) is 18.2 Å². The molecule has 0 bridgehead atoms. The molecule has 1 aromatic carbocycles. The van der Waals surface area contributed by atoms with Crippen molar-refractivity contribution in [1.82, 2.24) is 5.32 Å². The van der Waals surface area contributed by atoms with Crippen LogP contribution in [0.4, 0.5) is 4.39 Å². The lowest BCUT2D eigenvalue weighted by atomic mass is 10.1. The topological polar surface area (TPSA) is 49.3 Å². The summed E-state index contributed by atoms with van der Waals surface area (Å²) in [7, 11) is 0. The molecule has 1 aliphatic rings. The van der Waals surface area contributed by atoms with E-state index in [2.05, 4.69) is 17.2 Å². The van der Waals surface area contributed by atoms with Gasteiger partial charge in [0, 0.05) is 11.6 Å². The fourth-order valence-electron chi connectivity index (χ4n) is 2.17. The van der Waals surface area contributed by atoms with E-state index in [4.69, 9.17) is 5.11 Å². The molecule has 1 aromatic rings. The Labute approximate surface area is 118 Å². The van der Waals surface area contributed by atoms with Crippen molar-refractivity contribution in [1.29, 1.82) is 0 Å². The lowest BCUT2D eigenvalue weighted by molar-refractivity contribution is 0.0937. The van der Waals surface area contributed by atoms with Gasteiger partial charge in [0.15, 0.2) is 0 Å². The number of hydrogen-bond acceptors (Lipinski definition) is 2. The summed E-state index contributed by atoms with van der Waals surface area (Å²) in [6.07, 6.45) is 3.46. The van der Waals surface area contributed by atoms with Crippen LogP contribution in [0.5, 0.6) is 0 Å². The first-order valence-corrected chi connectivity index (χ1v) is 6.80. The Morgan fingerprint density at radius 1 is 1.55 bits per heavy atom. The lowest BCUT2D eigenvalue weighted by Crippen LogP contribution is -2.33. The maximum atomic E-state index is 13.2. The molecule has 1 fully saturated rings. The second-order valence-electron chi connectivity index (χ2n) is 5.20. The van der Waals surface area contributed by atoms with Crippen molar-refractivity contribution < 1.29 is 14.3 Å². The fourth-order valence-corrected chi connectivity index (χ4v) is 2.17. The van der Waals surface area contributed by atoms with Crippen molar-refractivity contribution in [3.63, 3.8) is 0 Å². The molecule has 1 saturated carbocycles.